The van der Waals surface area contributed by atoms with E-state index in [4.69, 9.17) is 5.11 Å². The van der Waals surface area contributed by atoms with Crippen LogP contribution < -0.4 is 5.32 Å². The molecule has 1 aromatic rings. The molecule has 1 saturated carbocycles. The molecule has 2 amide bonds. The molecule has 116 valence electrons. The van der Waals surface area contributed by atoms with E-state index in [0.29, 0.717) is 19.6 Å². The molecule has 1 fully saturated rings. The van der Waals surface area contributed by atoms with Gasteiger partial charge in [-0.25, -0.2) is 9.18 Å². The van der Waals surface area contributed by atoms with Crippen molar-refractivity contribution in [2.75, 3.05) is 26.2 Å². The van der Waals surface area contributed by atoms with Crippen LogP contribution in [0, 0.1) is 5.82 Å². The number of urea groups is 1. The zero-order valence-corrected chi connectivity index (χ0v) is 12.4. The molecule has 2 N–H and O–H groups in total. The Morgan fingerprint density at radius 3 is 2.76 bits per heavy atom. The summed E-state index contributed by atoms with van der Waals surface area (Å²) in [6.07, 6.45) is 2.78. The molecule has 0 atom stereocenters. The van der Waals surface area contributed by atoms with E-state index in [-0.39, 0.29) is 23.9 Å². The van der Waals surface area contributed by atoms with E-state index in [9.17, 15) is 9.18 Å². The molecule has 1 aliphatic carbocycles. The van der Waals surface area contributed by atoms with Gasteiger partial charge in [-0.2, -0.15) is 0 Å². The minimum atomic E-state index is -0.238. The van der Waals surface area contributed by atoms with Crippen molar-refractivity contribution in [1.29, 1.82) is 0 Å². The average Bonchev–Trinajstić information content (AvgIpc) is 3.26. The molecule has 0 heterocycles. The highest BCUT2D eigenvalue weighted by molar-refractivity contribution is 5.74. The highest BCUT2D eigenvalue weighted by Gasteiger charge is 2.44. The molecule has 5 heteroatoms. The number of halogens is 1. The molecular formula is C16H23FN2O2. The lowest BCUT2D eigenvalue weighted by Gasteiger charge is -2.24. The normalized spacial score (nSPS) is 15.6. The predicted octanol–water partition coefficient (Wildman–Crippen LogP) is 2.27. The van der Waals surface area contributed by atoms with E-state index >= 15 is 0 Å². The predicted molar refractivity (Wildman–Crippen MR) is 79.7 cm³/mol. The van der Waals surface area contributed by atoms with Crippen molar-refractivity contribution in [1.82, 2.24) is 10.2 Å². The van der Waals surface area contributed by atoms with Crippen LogP contribution in [0.1, 0.15) is 31.7 Å². The second-order valence-electron chi connectivity index (χ2n) is 5.66. The number of benzene rings is 1. The maximum absolute atomic E-state index is 13.3. The Kier molecular flexibility index (Phi) is 5.17. The molecular weight excluding hydrogens is 271 g/mol. The fourth-order valence-electron chi connectivity index (χ4n) is 2.60. The zero-order chi connectivity index (χ0) is 15.3. The summed E-state index contributed by atoms with van der Waals surface area (Å²) in [5.41, 5.74) is 0.835. The third kappa shape index (κ3) is 3.94. The summed E-state index contributed by atoms with van der Waals surface area (Å²) in [5, 5.41) is 11.9. The van der Waals surface area contributed by atoms with Crippen LogP contribution in [-0.4, -0.2) is 42.3 Å². The number of hydrogen-bond acceptors (Lipinski definition) is 2. The van der Waals surface area contributed by atoms with Crippen molar-refractivity contribution in [2.24, 2.45) is 0 Å². The van der Waals surface area contributed by atoms with Crippen LogP contribution in [0.15, 0.2) is 24.3 Å². The molecule has 0 radical (unpaired) electrons. The van der Waals surface area contributed by atoms with E-state index in [2.05, 4.69) is 5.32 Å². The number of aliphatic hydroxyl groups excluding tert-OH is 1. The Bertz CT molecular complexity index is 483. The summed E-state index contributed by atoms with van der Waals surface area (Å²) in [5.74, 6) is -0.238. The molecule has 1 aromatic carbocycles. The molecule has 0 spiro atoms. The topological polar surface area (TPSA) is 52.6 Å². The fraction of sp³-hybridized carbons (Fsp3) is 0.562. The molecule has 0 unspecified atom stereocenters. The van der Waals surface area contributed by atoms with Gasteiger partial charge in [-0.3, -0.25) is 0 Å². The minimum absolute atomic E-state index is 0.0392. The summed E-state index contributed by atoms with van der Waals surface area (Å²) >= 11 is 0. The standard InChI is InChI=1S/C16H23FN2O2/c1-2-8-19(9-10-20)15(21)18-12-16(6-7-16)13-4-3-5-14(17)11-13/h3-5,11,20H,2,6-10,12H2,1H3,(H,18,21). The van der Waals surface area contributed by atoms with E-state index in [1.165, 1.54) is 6.07 Å². The van der Waals surface area contributed by atoms with Gasteiger partial charge in [0.15, 0.2) is 0 Å². The Morgan fingerprint density at radius 2 is 2.19 bits per heavy atom. The van der Waals surface area contributed by atoms with Crippen molar-refractivity contribution < 1.29 is 14.3 Å². The summed E-state index contributed by atoms with van der Waals surface area (Å²) in [6.45, 7) is 3.43. The molecule has 0 aliphatic heterocycles. The number of aliphatic hydroxyl groups is 1. The third-order valence-electron chi connectivity index (χ3n) is 4.02. The first kappa shape index (κ1) is 15.8. The first-order valence-electron chi connectivity index (χ1n) is 7.51. The quantitative estimate of drug-likeness (QED) is 0.810. The van der Waals surface area contributed by atoms with Gasteiger partial charge in [0, 0.05) is 25.0 Å². The fourth-order valence-corrected chi connectivity index (χ4v) is 2.60. The highest BCUT2D eigenvalue weighted by atomic mass is 19.1. The van der Waals surface area contributed by atoms with Crippen LogP contribution in [0.2, 0.25) is 0 Å². The van der Waals surface area contributed by atoms with Gasteiger partial charge in [-0.15, -0.1) is 0 Å². The average molecular weight is 294 g/mol. The smallest absolute Gasteiger partial charge is 0.317 e. The van der Waals surface area contributed by atoms with Gasteiger partial charge in [0.2, 0.25) is 0 Å². The number of nitrogens with zero attached hydrogens (tertiary/aromatic N) is 1. The van der Waals surface area contributed by atoms with Crippen LogP contribution in [0.3, 0.4) is 0 Å². The lowest BCUT2D eigenvalue weighted by atomic mass is 9.96. The molecule has 1 aliphatic rings. The maximum Gasteiger partial charge on any atom is 0.317 e. The van der Waals surface area contributed by atoms with E-state index in [0.717, 1.165) is 24.8 Å². The minimum Gasteiger partial charge on any atom is -0.395 e. The Hall–Kier alpha value is -1.62. The lowest BCUT2D eigenvalue weighted by molar-refractivity contribution is 0.176. The lowest BCUT2D eigenvalue weighted by Crippen LogP contribution is -2.44. The second-order valence-corrected chi connectivity index (χ2v) is 5.66. The SMILES string of the molecule is CCCN(CCO)C(=O)NCC1(c2cccc(F)c2)CC1. The number of nitrogens with one attached hydrogen (secondary N) is 1. The van der Waals surface area contributed by atoms with Crippen LogP contribution in [-0.2, 0) is 5.41 Å². The molecule has 4 nitrogen and oxygen atoms in total. The van der Waals surface area contributed by atoms with Crippen molar-refractivity contribution >= 4 is 6.03 Å². The third-order valence-corrected chi connectivity index (χ3v) is 4.02. The first-order chi connectivity index (χ1) is 10.1. The second kappa shape index (κ2) is 6.89. The summed E-state index contributed by atoms with van der Waals surface area (Å²) in [4.78, 5) is 13.7. The summed E-state index contributed by atoms with van der Waals surface area (Å²) < 4.78 is 13.3. The summed E-state index contributed by atoms with van der Waals surface area (Å²) in [6, 6.07) is 6.45. The van der Waals surface area contributed by atoms with Crippen molar-refractivity contribution in [3.8, 4) is 0 Å². The van der Waals surface area contributed by atoms with Crippen LogP contribution >= 0.6 is 0 Å². The van der Waals surface area contributed by atoms with Gasteiger partial charge >= 0.3 is 6.03 Å². The molecule has 2 rings (SSSR count). The molecule has 0 saturated heterocycles. The van der Waals surface area contributed by atoms with Gasteiger partial charge in [0.25, 0.3) is 0 Å². The van der Waals surface area contributed by atoms with Crippen molar-refractivity contribution in [3.05, 3.63) is 35.6 Å². The summed E-state index contributed by atoms with van der Waals surface area (Å²) in [7, 11) is 0. The number of rotatable bonds is 7. The van der Waals surface area contributed by atoms with Crippen molar-refractivity contribution in [3.63, 3.8) is 0 Å². The Balaban J connectivity index is 1.94. The van der Waals surface area contributed by atoms with Crippen LogP contribution in [0.5, 0.6) is 0 Å². The molecule has 21 heavy (non-hydrogen) atoms. The first-order valence-corrected chi connectivity index (χ1v) is 7.51. The van der Waals surface area contributed by atoms with Gasteiger partial charge in [-0.05, 0) is 37.0 Å². The molecule has 0 bridgehead atoms. The highest BCUT2D eigenvalue weighted by Crippen LogP contribution is 2.47. The van der Waals surface area contributed by atoms with Gasteiger partial charge in [0.05, 0.1) is 6.61 Å². The van der Waals surface area contributed by atoms with E-state index in [1.54, 1.807) is 17.0 Å². The van der Waals surface area contributed by atoms with Gasteiger partial charge in [0.1, 0.15) is 5.82 Å². The van der Waals surface area contributed by atoms with Crippen LogP contribution in [0.4, 0.5) is 9.18 Å². The molecule has 0 aromatic heterocycles. The van der Waals surface area contributed by atoms with E-state index < -0.39 is 0 Å². The maximum atomic E-state index is 13.3. The zero-order valence-electron chi connectivity index (χ0n) is 12.4. The van der Waals surface area contributed by atoms with Gasteiger partial charge in [-0.1, -0.05) is 19.1 Å². The van der Waals surface area contributed by atoms with Crippen LogP contribution in [0.25, 0.3) is 0 Å². The Labute approximate surface area is 125 Å². The van der Waals surface area contributed by atoms with Crippen molar-refractivity contribution in [2.45, 2.75) is 31.6 Å². The van der Waals surface area contributed by atoms with E-state index in [1.807, 2.05) is 13.0 Å². The largest absolute Gasteiger partial charge is 0.395 e. The Morgan fingerprint density at radius 1 is 1.43 bits per heavy atom. The van der Waals surface area contributed by atoms with Gasteiger partial charge < -0.3 is 15.3 Å². The number of hydrogen-bond donors (Lipinski definition) is 2. The number of carbonyl (C=O) groups excluding carboxylic acids is 1. The number of amides is 2. The number of carbonyl (C=O) groups is 1. The monoisotopic (exact) mass is 294 g/mol.